The average molecular weight is 231 g/mol. The molecule has 0 aliphatic carbocycles. The van der Waals surface area contributed by atoms with Crippen molar-refractivity contribution in [2.75, 3.05) is 7.11 Å². The summed E-state index contributed by atoms with van der Waals surface area (Å²) in [5.74, 6) is -2.29. The summed E-state index contributed by atoms with van der Waals surface area (Å²) in [7, 11) is 1.10. The molecule has 0 fully saturated rings. The van der Waals surface area contributed by atoms with Crippen molar-refractivity contribution >= 4 is 11.2 Å². The molecule has 0 spiro atoms. The first-order chi connectivity index (χ1) is 6.99. The fourth-order valence-corrected chi connectivity index (χ4v) is 2.11. The highest BCUT2D eigenvalue weighted by Crippen LogP contribution is 2.26. The number of rotatable bonds is 4. The topological polar surface area (TPSA) is 52.2 Å². The molecule has 1 aromatic carbocycles. The maximum absolute atomic E-state index is 13.5. The van der Waals surface area contributed by atoms with E-state index in [0.29, 0.717) is 0 Å². The van der Waals surface area contributed by atoms with Gasteiger partial charge in [0.2, 0.25) is 0 Å². The summed E-state index contributed by atoms with van der Waals surface area (Å²) in [5.41, 5.74) is -2.09. The van der Waals surface area contributed by atoms with Crippen LogP contribution in [-0.2, 0) is 21.0 Å². The van der Waals surface area contributed by atoms with E-state index < -0.39 is 22.5 Å². The van der Waals surface area contributed by atoms with Crippen molar-refractivity contribution in [1.29, 1.82) is 0 Å². The summed E-state index contributed by atoms with van der Waals surface area (Å²) in [6.45, 7) is 1.03. The Morgan fingerprint density at radius 3 is 2.47 bits per heavy atom. The third kappa shape index (κ3) is 2.92. The summed E-state index contributed by atoms with van der Waals surface area (Å²) in [4.78, 5) is 0.282. The molecule has 0 saturated heterocycles. The third-order valence-corrected chi connectivity index (χ3v) is 3.52. The molecule has 3 nitrogen and oxygen atoms in total. The Hall–Kier alpha value is -0.620. The highest BCUT2D eigenvalue weighted by atomic mass is 32.2. The number of ether oxygens (including phenoxy) is 1. The number of hydrogen-bond donors (Lipinski definition) is 0. The molecule has 3 unspecified atom stereocenters. The highest BCUT2D eigenvalue weighted by molar-refractivity contribution is 7.92. The van der Waals surface area contributed by atoms with E-state index in [-0.39, 0.29) is 4.90 Å². The largest absolute Gasteiger partial charge is 0.609 e. The molecule has 0 heterocycles. The Morgan fingerprint density at radius 2 is 2.00 bits per heavy atom. The van der Waals surface area contributed by atoms with Crippen LogP contribution in [0.5, 0.6) is 0 Å². The lowest BCUT2D eigenvalue weighted by atomic mass is 10.4. The maximum Gasteiger partial charge on any atom is 0.313 e. The minimum atomic E-state index is -2.29. The fourth-order valence-electron chi connectivity index (χ4n) is 0.961. The van der Waals surface area contributed by atoms with Crippen LogP contribution in [0.25, 0.3) is 0 Å². The van der Waals surface area contributed by atoms with E-state index in [1.54, 1.807) is 18.2 Å². The molecule has 1 rings (SSSR count). The van der Waals surface area contributed by atoms with Gasteiger partial charge in [-0.25, -0.2) is 0 Å². The van der Waals surface area contributed by atoms with Crippen LogP contribution in [-0.4, -0.2) is 23.0 Å². The van der Waals surface area contributed by atoms with Crippen LogP contribution in [0.15, 0.2) is 35.2 Å². The zero-order chi connectivity index (χ0) is 11.5. The van der Waals surface area contributed by atoms with Gasteiger partial charge in [-0.15, -0.1) is 0 Å². The smallest absolute Gasteiger partial charge is 0.313 e. The van der Waals surface area contributed by atoms with E-state index in [0.717, 1.165) is 14.0 Å². The summed E-state index contributed by atoms with van der Waals surface area (Å²) in [6.07, 6.45) is 0. The van der Waals surface area contributed by atoms with Gasteiger partial charge in [0.1, 0.15) is 0 Å². The van der Waals surface area contributed by atoms with Gasteiger partial charge >= 0.3 is 5.50 Å². The molecule has 1 radical (unpaired) electrons. The van der Waals surface area contributed by atoms with E-state index in [2.05, 4.69) is 4.74 Å². The van der Waals surface area contributed by atoms with Gasteiger partial charge < -0.3 is 9.29 Å². The number of halogens is 1. The Bertz CT molecular complexity index is 305. The maximum atomic E-state index is 13.5. The first kappa shape index (κ1) is 12.4. The minimum absolute atomic E-state index is 0.282. The Morgan fingerprint density at radius 1 is 1.47 bits per heavy atom. The monoisotopic (exact) mass is 231 g/mol. The van der Waals surface area contributed by atoms with E-state index in [4.69, 9.17) is 0 Å². The van der Waals surface area contributed by atoms with E-state index in [9.17, 15) is 14.0 Å². The summed E-state index contributed by atoms with van der Waals surface area (Å²) >= 11 is -2.00. The van der Waals surface area contributed by atoms with Crippen LogP contribution >= 0.6 is 0 Å². The van der Waals surface area contributed by atoms with Gasteiger partial charge in [-0.05, 0) is 12.1 Å². The fraction of sp³-hybridized carbons (Fsp3) is 0.400. The first-order valence-corrected chi connectivity index (χ1v) is 5.55. The number of hydrogen-bond acceptors (Lipinski definition) is 2. The SMILES string of the molecule is COC(C)([O])C(F)[S+]([O-])c1ccccc1. The van der Waals surface area contributed by atoms with Crippen molar-refractivity contribution in [3.8, 4) is 0 Å². The molecule has 0 aliphatic rings. The average Bonchev–Trinajstić information content (AvgIpc) is 2.28. The molecule has 0 saturated carbocycles. The molecule has 0 aliphatic heterocycles. The third-order valence-electron chi connectivity index (χ3n) is 1.98. The zero-order valence-electron chi connectivity index (χ0n) is 8.48. The quantitative estimate of drug-likeness (QED) is 0.587. The van der Waals surface area contributed by atoms with Crippen LogP contribution in [0.3, 0.4) is 0 Å². The van der Waals surface area contributed by atoms with Gasteiger partial charge in [0, 0.05) is 25.2 Å². The van der Waals surface area contributed by atoms with E-state index in [1.807, 2.05) is 0 Å². The molecule has 83 valence electrons. The van der Waals surface area contributed by atoms with Crippen molar-refractivity contribution in [2.45, 2.75) is 23.1 Å². The predicted octanol–water partition coefficient (Wildman–Crippen LogP) is 1.88. The van der Waals surface area contributed by atoms with Crippen molar-refractivity contribution in [3.05, 3.63) is 30.3 Å². The summed E-state index contributed by atoms with van der Waals surface area (Å²) in [5, 5.41) is 11.4. The minimum Gasteiger partial charge on any atom is -0.609 e. The lowest BCUT2D eigenvalue weighted by molar-refractivity contribution is -0.230. The normalized spacial score (nSPS) is 19.3. The molecular formula is C10H12FO3S. The summed E-state index contributed by atoms with van der Waals surface area (Å²) < 4.78 is 29.5. The van der Waals surface area contributed by atoms with Gasteiger partial charge in [-0.2, -0.15) is 9.50 Å². The predicted molar refractivity (Wildman–Crippen MR) is 53.8 cm³/mol. The number of benzene rings is 1. The molecule has 0 bridgehead atoms. The Kier molecular flexibility index (Phi) is 4.10. The van der Waals surface area contributed by atoms with Gasteiger partial charge in [0.15, 0.2) is 4.90 Å². The van der Waals surface area contributed by atoms with Gasteiger partial charge in [0.25, 0.3) is 5.79 Å². The molecule has 0 amide bonds. The molecular weight excluding hydrogens is 219 g/mol. The van der Waals surface area contributed by atoms with Gasteiger partial charge in [-0.3, -0.25) is 0 Å². The lowest BCUT2D eigenvalue weighted by Crippen LogP contribution is -2.42. The van der Waals surface area contributed by atoms with E-state index in [1.165, 1.54) is 12.1 Å². The van der Waals surface area contributed by atoms with Crippen LogP contribution in [0.4, 0.5) is 4.39 Å². The van der Waals surface area contributed by atoms with Gasteiger partial charge in [0.05, 0.1) is 0 Å². The second-order valence-corrected chi connectivity index (χ2v) is 4.63. The first-order valence-electron chi connectivity index (χ1n) is 4.34. The molecule has 0 aromatic heterocycles. The molecule has 5 heteroatoms. The lowest BCUT2D eigenvalue weighted by Gasteiger charge is -2.24. The highest BCUT2D eigenvalue weighted by Gasteiger charge is 2.44. The van der Waals surface area contributed by atoms with Crippen LogP contribution < -0.4 is 0 Å². The van der Waals surface area contributed by atoms with Crippen molar-refractivity contribution in [1.82, 2.24) is 0 Å². The van der Waals surface area contributed by atoms with Crippen LogP contribution in [0.2, 0.25) is 0 Å². The van der Waals surface area contributed by atoms with Crippen molar-refractivity contribution < 1.29 is 18.8 Å². The van der Waals surface area contributed by atoms with Gasteiger partial charge in [-0.1, -0.05) is 18.2 Å². The molecule has 3 atom stereocenters. The molecule has 0 N–H and O–H groups in total. The van der Waals surface area contributed by atoms with Crippen molar-refractivity contribution in [2.24, 2.45) is 0 Å². The van der Waals surface area contributed by atoms with Crippen LogP contribution in [0, 0.1) is 0 Å². The standard InChI is InChI=1S/C10H12FO3S/c1-10(12,14-2)9(11)15(13)8-6-4-3-5-7-8/h3-7,9H,1-2H3. The second-order valence-electron chi connectivity index (χ2n) is 3.15. The van der Waals surface area contributed by atoms with Crippen LogP contribution in [0.1, 0.15) is 6.92 Å². The Labute approximate surface area is 91.1 Å². The molecule has 15 heavy (non-hydrogen) atoms. The number of alkyl halides is 1. The zero-order valence-corrected chi connectivity index (χ0v) is 9.29. The second kappa shape index (κ2) is 4.94. The van der Waals surface area contributed by atoms with E-state index >= 15 is 0 Å². The Balaban J connectivity index is 2.82. The molecule has 1 aromatic rings. The number of methoxy groups -OCH3 is 1. The summed E-state index contributed by atoms with van der Waals surface area (Å²) in [6, 6.07) is 8.01. The van der Waals surface area contributed by atoms with Crippen molar-refractivity contribution in [3.63, 3.8) is 0 Å².